The van der Waals surface area contributed by atoms with Crippen molar-refractivity contribution in [3.8, 4) is 11.5 Å². The largest absolute Gasteiger partial charge is 0.490 e. The first-order chi connectivity index (χ1) is 17.6. The highest BCUT2D eigenvalue weighted by Crippen LogP contribution is 2.25. The second kappa shape index (κ2) is 11.0. The topological polar surface area (TPSA) is 84.9 Å². The van der Waals surface area contributed by atoms with Gasteiger partial charge in [0.15, 0.2) is 0 Å². The highest BCUT2D eigenvalue weighted by atomic mass is 79.9. The molecule has 1 saturated heterocycles. The van der Waals surface area contributed by atoms with Gasteiger partial charge in [0, 0.05) is 4.47 Å². The second-order valence-electron chi connectivity index (χ2n) is 9.47. The summed E-state index contributed by atoms with van der Waals surface area (Å²) in [5, 5.41) is 2.22. The number of nitrogens with one attached hydrogen (secondary N) is 1. The first-order valence-electron chi connectivity index (χ1n) is 11.7. The zero-order valence-corrected chi connectivity index (χ0v) is 22.4. The second-order valence-corrected chi connectivity index (χ2v) is 10.4. The molecule has 0 spiro atoms. The van der Waals surface area contributed by atoms with Gasteiger partial charge in [-0.1, -0.05) is 61.0 Å². The number of anilines is 1. The molecule has 0 radical (unpaired) electrons. The molecule has 190 valence electrons. The van der Waals surface area contributed by atoms with Crippen LogP contribution in [0.15, 0.2) is 82.8 Å². The van der Waals surface area contributed by atoms with Crippen molar-refractivity contribution in [3.63, 3.8) is 0 Å². The van der Waals surface area contributed by atoms with E-state index in [1.165, 1.54) is 11.6 Å². The molecule has 1 aliphatic rings. The van der Waals surface area contributed by atoms with Crippen LogP contribution in [0, 0.1) is 0 Å². The van der Waals surface area contributed by atoms with Crippen molar-refractivity contribution in [3.05, 3.63) is 94.0 Å². The van der Waals surface area contributed by atoms with Crippen molar-refractivity contribution < 1.29 is 23.9 Å². The summed E-state index contributed by atoms with van der Waals surface area (Å²) in [6, 6.07) is 20.9. The van der Waals surface area contributed by atoms with Crippen molar-refractivity contribution in [2.24, 2.45) is 0 Å². The van der Waals surface area contributed by atoms with Crippen LogP contribution in [0.1, 0.15) is 31.9 Å². The fourth-order valence-corrected chi connectivity index (χ4v) is 3.94. The molecule has 1 fully saturated rings. The monoisotopic (exact) mass is 562 g/mol. The van der Waals surface area contributed by atoms with Crippen LogP contribution in [0.5, 0.6) is 11.5 Å². The Morgan fingerprint density at radius 3 is 1.89 bits per heavy atom. The summed E-state index contributed by atoms with van der Waals surface area (Å²) in [7, 11) is 0. The molecule has 0 atom stereocenters. The van der Waals surface area contributed by atoms with E-state index in [0.29, 0.717) is 30.2 Å². The van der Waals surface area contributed by atoms with Crippen LogP contribution < -0.4 is 19.7 Å². The van der Waals surface area contributed by atoms with Gasteiger partial charge in [-0.05, 0) is 71.1 Å². The SMILES string of the molecule is CC(C)(C)c1ccc(OCCOc2ccc(/C=C3/C(=O)NC(=O)N(c4ccc(Br)cc4)C3=O)cc2)cc1. The summed E-state index contributed by atoms with van der Waals surface area (Å²) in [5.74, 6) is -0.0231. The number of amides is 4. The smallest absolute Gasteiger partial charge is 0.335 e. The fraction of sp³-hybridized carbons (Fsp3) is 0.207. The average molecular weight is 563 g/mol. The number of benzene rings is 3. The predicted octanol–water partition coefficient (Wildman–Crippen LogP) is 5.87. The summed E-state index contributed by atoms with van der Waals surface area (Å²) >= 11 is 3.32. The van der Waals surface area contributed by atoms with Crippen LogP contribution in [0.4, 0.5) is 10.5 Å². The zero-order valence-electron chi connectivity index (χ0n) is 20.8. The van der Waals surface area contributed by atoms with Gasteiger partial charge in [-0.3, -0.25) is 14.9 Å². The van der Waals surface area contributed by atoms with Crippen LogP contribution >= 0.6 is 15.9 Å². The van der Waals surface area contributed by atoms with Gasteiger partial charge in [0.05, 0.1) is 5.69 Å². The molecule has 0 aromatic heterocycles. The average Bonchev–Trinajstić information content (AvgIpc) is 2.86. The number of rotatable bonds is 7. The standard InChI is InChI=1S/C29H27BrN2O5/c1-29(2,3)20-6-14-24(15-7-20)37-17-16-36-23-12-4-19(5-13-23)18-25-26(33)31-28(35)32(27(25)34)22-10-8-21(30)9-11-22/h4-15,18H,16-17H2,1-3H3,(H,31,33,35)/b25-18-. The van der Waals surface area contributed by atoms with Crippen LogP contribution in [0.2, 0.25) is 0 Å². The lowest BCUT2D eigenvalue weighted by molar-refractivity contribution is -0.122. The van der Waals surface area contributed by atoms with Crippen LogP contribution in [0.25, 0.3) is 6.08 Å². The number of barbiturate groups is 1. The minimum Gasteiger partial charge on any atom is -0.490 e. The summed E-state index contributed by atoms with van der Waals surface area (Å²) < 4.78 is 12.3. The molecular formula is C29H27BrN2O5. The van der Waals surface area contributed by atoms with Gasteiger partial charge in [0.25, 0.3) is 11.8 Å². The number of imide groups is 2. The minimum absolute atomic E-state index is 0.0914. The molecule has 4 rings (SSSR count). The molecule has 0 saturated carbocycles. The van der Waals surface area contributed by atoms with Crippen LogP contribution in [0.3, 0.4) is 0 Å². The third kappa shape index (κ3) is 6.46. The van der Waals surface area contributed by atoms with Crippen LogP contribution in [-0.4, -0.2) is 31.1 Å². The maximum Gasteiger partial charge on any atom is 0.335 e. The van der Waals surface area contributed by atoms with Gasteiger partial charge < -0.3 is 9.47 Å². The molecule has 37 heavy (non-hydrogen) atoms. The van der Waals surface area contributed by atoms with E-state index in [1.807, 2.05) is 12.1 Å². The number of hydrogen-bond donors (Lipinski definition) is 1. The maximum atomic E-state index is 13.0. The van der Waals surface area contributed by atoms with E-state index in [2.05, 4.69) is 54.2 Å². The molecule has 4 amide bonds. The molecular weight excluding hydrogens is 536 g/mol. The summed E-state index contributed by atoms with van der Waals surface area (Å²) in [5.41, 5.74) is 2.17. The van der Waals surface area contributed by atoms with Crippen molar-refractivity contribution in [1.82, 2.24) is 5.32 Å². The molecule has 0 aliphatic carbocycles. The molecule has 3 aromatic carbocycles. The quantitative estimate of drug-likeness (QED) is 0.221. The van der Waals surface area contributed by atoms with Crippen molar-refractivity contribution >= 4 is 45.5 Å². The number of urea groups is 1. The summed E-state index contributed by atoms with van der Waals surface area (Å²) in [6.07, 6.45) is 1.45. The molecule has 1 heterocycles. The highest BCUT2D eigenvalue weighted by molar-refractivity contribution is 9.10. The van der Waals surface area contributed by atoms with E-state index in [9.17, 15) is 14.4 Å². The van der Waals surface area contributed by atoms with E-state index in [-0.39, 0.29) is 11.0 Å². The Morgan fingerprint density at radius 2 is 1.35 bits per heavy atom. The van der Waals surface area contributed by atoms with Gasteiger partial charge >= 0.3 is 6.03 Å². The lowest BCUT2D eigenvalue weighted by atomic mass is 9.87. The molecule has 3 aromatic rings. The number of carbonyl (C=O) groups excluding carboxylic acids is 3. The predicted molar refractivity (Wildman–Crippen MR) is 146 cm³/mol. The van der Waals surface area contributed by atoms with Crippen LogP contribution in [-0.2, 0) is 15.0 Å². The summed E-state index contributed by atoms with van der Waals surface area (Å²) in [4.78, 5) is 38.6. The van der Waals surface area contributed by atoms with Crippen molar-refractivity contribution in [2.75, 3.05) is 18.1 Å². The molecule has 8 heteroatoms. The Morgan fingerprint density at radius 1 is 0.811 bits per heavy atom. The molecule has 1 aliphatic heterocycles. The number of nitrogens with zero attached hydrogens (tertiary/aromatic N) is 1. The van der Waals surface area contributed by atoms with Crippen molar-refractivity contribution in [2.45, 2.75) is 26.2 Å². The lowest BCUT2D eigenvalue weighted by Gasteiger charge is -2.26. The van der Waals surface area contributed by atoms with E-state index in [0.717, 1.165) is 15.1 Å². The van der Waals surface area contributed by atoms with Crippen molar-refractivity contribution in [1.29, 1.82) is 0 Å². The van der Waals surface area contributed by atoms with E-state index in [1.54, 1.807) is 48.5 Å². The van der Waals surface area contributed by atoms with Gasteiger partial charge in [0.1, 0.15) is 30.3 Å². The summed E-state index contributed by atoms with van der Waals surface area (Å²) in [6.45, 7) is 7.24. The van der Waals surface area contributed by atoms with E-state index in [4.69, 9.17) is 9.47 Å². The Hall–Kier alpha value is -3.91. The number of hydrogen-bond acceptors (Lipinski definition) is 5. The molecule has 1 N–H and O–H groups in total. The fourth-order valence-electron chi connectivity index (χ4n) is 3.68. The number of ether oxygens (including phenoxy) is 2. The molecule has 0 unspecified atom stereocenters. The Bertz CT molecular complexity index is 1320. The van der Waals surface area contributed by atoms with Gasteiger partial charge in [-0.2, -0.15) is 0 Å². The minimum atomic E-state index is -0.786. The third-order valence-corrected chi connectivity index (χ3v) is 6.25. The normalized spacial score (nSPS) is 15.1. The van der Waals surface area contributed by atoms with Gasteiger partial charge in [-0.25, -0.2) is 9.69 Å². The van der Waals surface area contributed by atoms with Gasteiger partial charge in [0.2, 0.25) is 0 Å². The lowest BCUT2D eigenvalue weighted by Crippen LogP contribution is -2.54. The third-order valence-electron chi connectivity index (χ3n) is 5.72. The zero-order chi connectivity index (χ0) is 26.6. The number of halogens is 1. The Balaban J connectivity index is 1.35. The highest BCUT2D eigenvalue weighted by Gasteiger charge is 2.36. The first kappa shape index (κ1) is 26.2. The molecule has 7 nitrogen and oxygen atoms in total. The van der Waals surface area contributed by atoms with E-state index >= 15 is 0 Å². The maximum absolute atomic E-state index is 13.0. The van der Waals surface area contributed by atoms with Gasteiger partial charge in [-0.15, -0.1) is 0 Å². The molecule has 0 bridgehead atoms. The van der Waals surface area contributed by atoms with E-state index < -0.39 is 17.8 Å². The Labute approximate surface area is 224 Å². The number of carbonyl (C=O) groups is 3. The first-order valence-corrected chi connectivity index (χ1v) is 12.5. The Kier molecular flexibility index (Phi) is 7.78.